The Bertz CT molecular complexity index is 358. The van der Waals surface area contributed by atoms with Gasteiger partial charge in [-0.15, -0.1) is 0 Å². The summed E-state index contributed by atoms with van der Waals surface area (Å²) >= 11 is 0. The SMILES string of the molecule is CC(C)NC(CO)COc1cccc(F)c1F. The molecular formula is C12H17F2NO2. The smallest absolute Gasteiger partial charge is 0.200 e. The second-order valence-corrected chi connectivity index (χ2v) is 4.06. The van der Waals surface area contributed by atoms with Crippen LogP contribution in [0.1, 0.15) is 13.8 Å². The summed E-state index contributed by atoms with van der Waals surface area (Å²) in [4.78, 5) is 0. The first-order valence-corrected chi connectivity index (χ1v) is 5.48. The fourth-order valence-corrected chi connectivity index (χ4v) is 1.41. The molecule has 3 nitrogen and oxygen atoms in total. The molecular weight excluding hydrogens is 228 g/mol. The Balaban J connectivity index is 2.56. The molecule has 0 saturated heterocycles. The molecule has 0 saturated carbocycles. The standard InChI is InChI=1S/C12H17F2NO2/c1-8(2)15-9(6-16)7-17-11-5-3-4-10(13)12(11)14/h3-5,8-9,15-16H,6-7H2,1-2H3. The molecule has 0 bridgehead atoms. The monoisotopic (exact) mass is 245 g/mol. The average Bonchev–Trinajstić information content (AvgIpc) is 2.28. The summed E-state index contributed by atoms with van der Waals surface area (Å²) in [5.74, 6) is -2.09. The van der Waals surface area contributed by atoms with E-state index >= 15 is 0 Å². The van der Waals surface area contributed by atoms with E-state index in [1.807, 2.05) is 13.8 Å². The predicted molar refractivity (Wildman–Crippen MR) is 61.0 cm³/mol. The molecule has 0 aliphatic rings. The fourth-order valence-electron chi connectivity index (χ4n) is 1.41. The van der Waals surface area contributed by atoms with E-state index in [-0.39, 0.29) is 31.0 Å². The number of aliphatic hydroxyl groups excluding tert-OH is 1. The van der Waals surface area contributed by atoms with Crippen LogP contribution in [-0.2, 0) is 0 Å². The molecule has 2 N–H and O–H groups in total. The highest BCUT2D eigenvalue weighted by Crippen LogP contribution is 2.19. The number of hydrogen-bond donors (Lipinski definition) is 2. The lowest BCUT2D eigenvalue weighted by molar-refractivity contribution is 0.172. The van der Waals surface area contributed by atoms with E-state index in [2.05, 4.69) is 5.32 Å². The highest BCUT2D eigenvalue weighted by atomic mass is 19.2. The molecule has 0 fully saturated rings. The van der Waals surface area contributed by atoms with E-state index in [9.17, 15) is 8.78 Å². The zero-order valence-electron chi connectivity index (χ0n) is 9.91. The maximum Gasteiger partial charge on any atom is 0.200 e. The van der Waals surface area contributed by atoms with Gasteiger partial charge in [-0.25, -0.2) is 4.39 Å². The number of benzene rings is 1. The molecule has 0 amide bonds. The number of aliphatic hydroxyl groups is 1. The Morgan fingerprint density at radius 3 is 2.65 bits per heavy atom. The van der Waals surface area contributed by atoms with Gasteiger partial charge in [-0.05, 0) is 12.1 Å². The summed E-state index contributed by atoms with van der Waals surface area (Å²) in [5, 5.41) is 12.1. The molecule has 5 heteroatoms. The van der Waals surface area contributed by atoms with Crippen molar-refractivity contribution < 1.29 is 18.6 Å². The molecule has 17 heavy (non-hydrogen) atoms. The van der Waals surface area contributed by atoms with Gasteiger partial charge in [0.1, 0.15) is 6.61 Å². The van der Waals surface area contributed by atoms with Crippen LogP contribution in [-0.4, -0.2) is 30.4 Å². The Hall–Kier alpha value is -1.20. The van der Waals surface area contributed by atoms with Crippen LogP contribution in [0.2, 0.25) is 0 Å². The van der Waals surface area contributed by atoms with Gasteiger partial charge in [0.2, 0.25) is 5.82 Å². The molecule has 1 rings (SSSR count). The van der Waals surface area contributed by atoms with Crippen molar-refractivity contribution in [3.8, 4) is 5.75 Å². The lowest BCUT2D eigenvalue weighted by Gasteiger charge is -2.19. The molecule has 0 aliphatic heterocycles. The average molecular weight is 245 g/mol. The Morgan fingerprint density at radius 1 is 1.35 bits per heavy atom. The van der Waals surface area contributed by atoms with Crippen molar-refractivity contribution in [2.24, 2.45) is 0 Å². The Morgan fingerprint density at radius 2 is 2.06 bits per heavy atom. The normalized spacial score (nSPS) is 12.8. The lowest BCUT2D eigenvalue weighted by atomic mass is 10.2. The van der Waals surface area contributed by atoms with Crippen LogP contribution in [0.4, 0.5) is 8.78 Å². The van der Waals surface area contributed by atoms with Gasteiger partial charge in [0, 0.05) is 6.04 Å². The van der Waals surface area contributed by atoms with E-state index < -0.39 is 11.6 Å². The van der Waals surface area contributed by atoms with E-state index in [0.29, 0.717) is 0 Å². The summed E-state index contributed by atoms with van der Waals surface area (Å²) < 4.78 is 31.2. The van der Waals surface area contributed by atoms with Gasteiger partial charge in [0.15, 0.2) is 11.6 Å². The minimum absolute atomic E-state index is 0.0784. The maximum absolute atomic E-state index is 13.2. The van der Waals surface area contributed by atoms with Gasteiger partial charge in [-0.3, -0.25) is 0 Å². The molecule has 0 radical (unpaired) electrons. The van der Waals surface area contributed by atoms with Crippen LogP contribution in [0.15, 0.2) is 18.2 Å². The zero-order valence-corrected chi connectivity index (χ0v) is 9.91. The van der Waals surface area contributed by atoms with Crippen molar-refractivity contribution in [1.82, 2.24) is 5.32 Å². The summed E-state index contributed by atoms with van der Waals surface area (Å²) in [6, 6.07) is 3.61. The molecule has 0 spiro atoms. The number of rotatable bonds is 6. The first kappa shape index (κ1) is 13.9. The van der Waals surface area contributed by atoms with Gasteiger partial charge in [0.25, 0.3) is 0 Å². The van der Waals surface area contributed by atoms with Crippen LogP contribution in [0, 0.1) is 11.6 Å². The van der Waals surface area contributed by atoms with Gasteiger partial charge in [0.05, 0.1) is 12.6 Å². The summed E-state index contributed by atoms with van der Waals surface area (Å²) in [6.45, 7) is 3.79. The van der Waals surface area contributed by atoms with Crippen LogP contribution >= 0.6 is 0 Å². The first-order chi connectivity index (χ1) is 8.04. The van der Waals surface area contributed by atoms with Gasteiger partial charge in [-0.1, -0.05) is 19.9 Å². The highest BCUT2D eigenvalue weighted by Gasteiger charge is 2.13. The van der Waals surface area contributed by atoms with Crippen molar-refractivity contribution in [3.63, 3.8) is 0 Å². The molecule has 0 aliphatic carbocycles. The van der Waals surface area contributed by atoms with Crippen LogP contribution in [0.25, 0.3) is 0 Å². The van der Waals surface area contributed by atoms with Gasteiger partial charge < -0.3 is 15.2 Å². The summed E-state index contributed by atoms with van der Waals surface area (Å²) in [5.41, 5.74) is 0. The summed E-state index contributed by atoms with van der Waals surface area (Å²) in [6.07, 6.45) is 0. The minimum atomic E-state index is -1.01. The third-order valence-corrected chi connectivity index (χ3v) is 2.15. The van der Waals surface area contributed by atoms with Crippen molar-refractivity contribution in [1.29, 1.82) is 0 Å². The minimum Gasteiger partial charge on any atom is -0.489 e. The number of ether oxygens (including phenoxy) is 1. The molecule has 0 heterocycles. The van der Waals surface area contributed by atoms with E-state index in [0.717, 1.165) is 6.07 Å². The highest BCUT2D eigenvalue weighted by molar-refractivity contribution is 5.25. The van der Waals surface area contributed by atoms with E-state index in [4.69, 9.17) is 9.84 Å². The Labute approximate surface area is 99.4 Å². The first-order valence-electron chi connectivity index (χ1n) is 5.48. The summed E-state index contributed by atoms with van der Waals surface area (Å²) in [7, 11) is 0. The lowest BCUT2D eigenvalue weighted by Crippen LogP contribution is -2.41. The van der Waals surface area contributed by atoms with Crippen molar-refractivity contribution >= 4 is 0 Å². The largest absolute Gasteiger partial charge is 0.489 e. The molecule has 1 unspecified atom stereocenters. The Kier molecular flexibility index (Phi) is 5.31. The van der Waals surface area contributed by atoms with E-state index in [1.165, 1.54) is 12.1 Å². The second-order valence-electron chi connectivity index (χ2n) is 4.06. The second kappa shape index (κ2) is 6.51. The van der Waals surface area contributed by atoms with Crippen molar-refractivity contribution in [2.45, 2.75) is 25.9 Å². The van der Waals surface area contributed by atoms with Gasteiger partial charge >= 0.3 is 0 Å². The number of hydrogen-bond acceptors (Lipinski definition) is 3. The van der Waals surface area contributed by atoms with Crippen molar-refractivity contribution in [2.75, 3.05) is 13.2 Å². The molecule has 1 aromatic rings. The fraction of sp³-hybridized carbons (Fsp3) is 0.500. The van der Waals surface area contributed by atoms with E-state index in [1.54, 1.807) is 0 Å². The molecule has 1 aromatic carbocycles. The predicted octanol–water partition coefficient (Wildman–Crippen LogP) is 1.70. The van der Waals surface area contributed by atoms with Crippen molar-refractivity contribution in [3.05, 3.63) is 29.8 Å². The number of halogens is 2. The molecule has 1 atom stereocenters. The number of nitrogens with one attached hydrogen (secondary N) is 1. The zero-order chi connectivity index (χ0) is 12.8. The molecule has 0 aromatic heterocycles. The molecule has 96 valence electrons. The third kappa shape index (κ3) is 4.28. The van der Waals surface area contributed by atoms with Crippen LogP contribution in [0.5, 0.6) is 5.75 Å². The topological polar surface area (TPSA) is 41.5 Å². The van der Waals surface area contributed by atoms with Gasteiger partial charge in [-0.2, -0.15) is 4.39 Å². The van der Waals surface area contributed by atoms with Crippen LogP contribution in [0.3, 0.4) is 0 Å². The quantitative estimate of drug-likeness (QED) is 0.801. The maximum atomic E-state index is 13.2. The van der Waals surface area contributed by atoms with Crippen LogP contribution < -0.4 is 10.1 Å². The third-order valence-electron chi connectivity index (χ3n) is 2.15.